The Balaban J connectivity index is 3.05. The summed E-state index contributed by atoms with van der Waals surface area (Å²) >= 11 is 5.71. The summed E-state index contributed by atoms with van der Waals surface area (Å²) in [7, 11) is 0. The Morgan fingerprint density at radius 2 is 2.09 bits per heavy atom. The van der Waals surface area contributed by atoms with Gasteiger partial charge in [0, 0.05) is 0 Å². The minimum atomic E-state index is 0.415. The van der Waals surface area contributed by atoms with Crippen LogP contribution in [-0.4, -0.2) is 9.97 Å². The quantitative estimate of drug-likeness (QED) is 0.648. The summed E-state index contributed by atoms with van der Waals surface area (Å²) < 4.78 is 0. The third kappa shape index (κ3) is 1.90. The predicted molar refractivity (Wildman–Crippen MR) is 45.9 cm³/mol. The van der Waals surface area contributed by atoms with E-state index in [9.17, 15) is 0 Å². The van der Waals surface area contributed by atoms with Gasteiger partial charge in [0.05, 0.1) is 17.6 Å². The van der Waals surface area contributed by atoms with Gasteiger partial charge in [-0.3, -0.25) is 4.98 Å². The van der Waals surface area contributed by atoms with Crippen molar-refractivity contribution in [1.29, 1.82) is 0 Å². The third-order valence-electron chi connectivity index (χ3n) is 1.50. The van der Waals surface area contributed by atoms with Crippen LogP contribution in [0.25, 0.3) is 0 Å². The number of halogens is 1. The van der Waals surface area contributed by atoms with E-state index in [-0.39, 0.29) is 0 Å². The maximum absolute atomic E-state index is 5.71. The van der Waals surface area contributed by atoms with Crippen LogP contribution in [0.3, 0.4) is 0 Å². The number of nitrogens with zero attached hydrogens (tertiary/aromatic N) is 2. The lowest BCUT2D eigenvalue weighted by molar-refractivity contribution is 0.803. The van der Waals surface area contributed by atoms with Crippen molar-refractivity contribution in [3.05, 3.63) is 22.7 Å². The molecule has 3 heteroatoms. The molecule has 1 aromatic heterocycles. The molecule has 0 aromatic carbocycles. The number of aryl methyl sites for hydroxylation is 1. The van der Waals surface area contributed by atoms with Crippen molar-refractivity contribution in [2.45, 2.75) is 26.7 Å². The van der Waals surface area contributed by atoms with E-state index >= 15 is 0 Å². The maximum Gasteiger partial charge on any atom is 0.150 e. The second kappa shape index (κ2) is 3.18. The van der Waals surface area contributed by atoms with Crippen LogP contribution in [0, 0.1) is 6.92 Å². The summed E-state index contributed by atoms with van der Waals surface area (Å²) in [5.74, 6) is 0.415. The number of hydrogen-bond acceptors (Lipinski definition) is 2. The second-order valence-corrected chi connectivity index (χ2v) is 3.18. The molecular weight excluding hydrogens is 160 g/mol. The molecule has 0 unspecified atom stereocenters. The van der Waals surface area contributed by atoms with Crippen LogP contribution in [0.4, 0.5) is 0 Å². The molecule has 1 heterocycles. The molecule has 1 aromatic rings. The summed E-state index contributed by atoms with van der Waals surface area (Å²) in [4.78, 5) is 8.28. The molecule has 0 N–H and O–H groups in total. The SMILES string of the molecule is Cc1nc(C(C)C)cnc1Cl. The van der Waals surface area contributed by atoms with Crippen molar-refractivity contribution in [3.63, 3.8) is 0 Å². The van der Waals surface area contributed by atoms with Gasteiger partial charge in [0.1, 0.15) is 5.15 Å². The van der Waals surface area contributed by atoms with Gasteiger partial charge in [-0.05, 0) is 12.8 Å². The van der Waals surface area contributed by atoms with Crippen molar-refractivity contribution >= 4 is 11.6 Å². The molecule has 1 rings (SSSR count). The van der Waals surface area contributed by atoms with E-state index in [0.29, 0.717) is 11.1 Å². The van der Waals surface area contributed by atoms with Crippen molar-refractivity contribution in [2.75, 3.05) is 0 Å². The Morgan fingerprint density at radius 1 is 1.45 bits per heavy atom. The van der Waals surface area contributed by atoms with Crippen LogP contribution in [0.5, 0.6) is 0 Å². The number of hydrogen-bond donors (Lipinski definition) is 0. The lowest BCUT2D eigenvalue weighted by Gasteiger charge is -2.04. The average Bonchev–Trinajstić information content (AvgIpc) is 1.94. The van der Waals surface area contributed by atoms with Gasteiger partial charge in [-0.2, -0.15) is 0 Å². The molecule has 0 spiro atoms. The van der Waals surface area contributed by atoms with Crippen LogP contribution >= 0.6 is 11.6 Å². The van der Waals surface area contributed by atoms with E-state index in [1.807, 2.05) is 6.92 Å². The molecule has 0 saturated carbocycles. The highest BCUT2D eigenvalue weighted by molar-refractivity contribution is 6.29. The smallest absolute Gasteiger partial charge is 0.150 e. The Kier molecular flexibility index (Phi) is 2.45. The van der Waals surface area contributed by atoms with Crippen molar-refractivity contribution < 1.29 is 0 Å². The summed E-state index contributed by atoms with van der Waals surface area (Å²) in [5, 5.41) is 0.495. The van der Waals surface area contributed by atoms with Gasteiger partial charge in [0.15, 0.2) is 0 Å². The molecule has 0 amide bonds. The van der Waals surface area contributed by atoms with E-state index < -0.39 is 0 Å². The maximum atomic E-state index is 5.71. The zero-order chi connectivity index (χ0) is 8.43. The minimum absolute atomic E-state index is 0.415. The van der Waals surface area contributed by atoms with Crippen molar-refractivity contribution in [3.8, 4) is 0 Å². The highest BCUT2D eigenvalue weighted by Gasteiger charge is 2.03. The van der Waals surface area contributed by atoms with Gasteiger partial charge in [-0.1, -0.05) is 25.4 Å². The molecule has 0 atom stereocenters. The van der Waals surface area contributed by atoms with Crippen LogP contribution in [0.15, 0.2) is 6.20 Å². The van der Waals surface area contributed by atoms with Gasteiger partial charge in [-0.25, -0.2) is 4.98 Å². The first kappa shape index (κ1) is 8.47. The zero-order valence-corrected chi connectivity index (χ0v) is 7.68. The monoisotopic (exact) mass is 170 g/mol. The van der Waals surface area contributed by atoms with E-state index in [1.54, 1.807) is 6.20 Å². The molecule has 0 bridgehead atoms. The fraction of sp³-hybridized carbons (Fsp3) is 0.500. The first-order valence-corrected chi connectivity index (χ1v) is 3.98. The summed E-state index contributed by atoms with van der Waals surface area (Å²) in [6.07, 6.45) is 1.72. The highest BCUT2D eigenvalue weighted by Crippen LogP contribution is 2.14. The Hall–Kier alpha value is -0.630. The molecule has 0 fully saturated rings. The highest BCUT2D eigenvalue weighted by atomic mass is 35.5. The largest absolute Gasteiger partial charge is 0.253 e. The van der Waals surface area contributed by atoms with Gasteiger partial charge < -0.3 is 0 Å². The molecular formula is C8H11ClN2. The van der Waals surface area contributed by atoms with Crippen LogP contribution in [-0.2, 0) is 0 Å². The molecule has 0 aliphatic rings. The van der Waals surface area contributed by atoms with E-state index in [1.165, 1.54) is 0 Å². The zero-order valence-electron chi connectivity index (χ0n) is 6.93. The first-order chi connectivity index (χ1) is 5.11. The summed E-state index contributed by atoms with van der Waals surface area (Å²) in [5.41, 5.74) is 1.80. The normalized spacial score (nSPS) is 10.6. The third-order valence-corrected chi connectivity index (χ3v) is 1.87. The van der Waals surface area contributed by atoms with Gasteiger partial charge in [0.2, 0.25) is 0 Å². The number of rotatable bonds is 1. The van der Waals surface area contributed by atoms with E-state index in [0.717, 1.165) is 11.4 Å². The molecule has 0 aliphatic heterocycles. The lowest BCUT2D eigenvalue weighted by atomic mass is 10.1. The van der Waals surface area contributed by atoms with E-state index in [4.69, 9.17) is 11.6 Å². The molecule has 60 valence electrons. The summed E-state index contributed by atoms with van der Waals surface area (Å²) in [6.45, 7) is 6.02. The summed E-state index contributed by atoms with van der Waals surface area (Å²) in [6, 6.07) is 0. The molecule has 0 saturated heterocycles. The Morgan fingerprint density at radius 3 is 2.55 bits per heavy atom. The number of aromatic nitrogens is 2. The van der Waals surface area contributed by atoms with E-state index in [2.05, 4.69) is 23.8 Å². The minimum Gasteiger partial charge on any atom is -0.253 e. The van der Waals surface area contributed by atoms with Crippen molar-refractivity contribution in [2.24, 2.45) is 0 Å². The van der Waals surface area contributed by atoms with Gasteiger partial charge in [-0.15, -0.1) is 0 Å². The van der Waals surface area contributed by atoms with Gasteiger partial charge in [0.25, 0.3) is 0 Å². The van der Waals surface area contributed by atoms with Crippen molar-refractivity contribution in [1.82, 2.24) is 9.97 Å². The van der Waals surface area contributed by atoms with Crippen LogP contribution in [0.2, 0.25) is 5.15 Å². The fourth-order valence-electron chi connectivity index (χ4n) is 0.763. The standard InChI is InChI=1S/C8H11ClN2/c1-5(2)7-4-10-8(9)6(3)11-7/h4-5H,1-3H3. The molecule has 2 nitrogen and oxygen atoms in total. The molecule has 0 radical (unpaired) electrons. The predicted octanol–water partition coefficient (Wildman–Crippen LogP) is 2.56. The molecule has 11 heavy (non-hydrogen) atoms. The average molecular weight is 171 g/mol. The second-order valence-electron chi connectivity index (χ2n) is 2.83. The van der Waals surface area contributed by atoms with Gasteiger partial charge >= 0.3 is 0 Å². The van der Waals surface area contributed by atoms with Crippen LogP contribution < -0.4 is 0 Å². The Labute approximate surface area is 71.6 Å². The topological polar surface area (TPSA) is 25.8 Å². The lowest BCUT2D eigenvalue weighted by Crippen LogP contribution is -1.96. The molecule has 0 aliphatic carbocycles. The Bertz CT molecular complexity index is 258. The van der Waals surface area contributed by atoms with Crippen LogP contribution in [0.1, 0.15) is 31.2 Å². The first-order valence-electron chi connectivity index (χ1n) is 3.60. The fourth-order valence-corrected chi connectivity index (χ4v) is 0.854.